The van der Waals surface area contributed by atoms with Gasteiger partial charge < -0.3 is 5.32 Å². The number of piperidine rings is 1. The number of likely N-dealkylation sites (tertiary alicyclic amines) is 1. The number of hydrogen-bond donors (Lipinski definition) is 1. The van der Waals surface area contributed by atoms with Crippen molar-refractivity contribution in [3.8, 4) is 0 Å². The number of nitrogens with zero attached hydrogens (tertiary/aromatic N) is 3. The summed E-state index contributed by atoms with van der Waals surface area (Å²) in [6, 6.07) is 10.9. The first-order valence-electron chi connectivity index (χ1n) is 8.24. The summed E-state index contributed by atoms with van der Waals surface area (Å²) in [5.41, 5.74) is 1.71. The van der Waals surface area contributed by atoms with Gasteiger partial charge in [0.25, 0.3) is 11.5 Å². The van der Waals surface area contributed by atoms with Crippen molar-refractivity contribution in [3.63, 3.8) is 0 Å². The summed E-state index contributed by atoms with van der Waals surface area (Å²) in [7, 11) is 0. The van der Waals surface area contributed by atoms with E-state index in [0.717, 1.165) is 31.5 Å². The van der Waals surface area contributed by atoms with Gasteiger partial charge in [0.2, 0.25) is 0 Å². The molecule has 1 aliphatic rings. The molecule has 1 aromatic heterocycles. The summed E-state index contributed by atoms with van der Waals surface area (Å²) in [6.07, 6.45) is 3.37. The molecule has 1 amide bonds. The van der Waals surface area contributed by atoms with Crippen LogP contribution in [0, 0.1) is 6.92 Å². The lowest BCUT2D eigenvalue weighted by atomic mass is 10.1. The van der Waals surface area contributed by atoms with E-state index >= 15 is 0 Å². The smallest absolute Gasteiger partial charge is 0.266 e. The largest absolute Gasteiger partial charge is 0.339 e. The van der Waals surface area contributed by atoms with Gasteiger partial charge in [0.05, 0.1) is 12.7 Å². The monoisotopic (exact) mass is 326 g/mol. The van der Waals surface area contributed by atoms with Gasteiger partial charge in [-0.1, -0.05) is 17.7 Å². The third-order valence-electron chi connectivity index (χ3n) is 4.39. The Balaban J connectivity index is 1.50. The van der Waals surface area contributed by atoms with Gasteiger partial charge in [-0.15, -0.1) is 0 Å². The van der Waals surface area contributed by atoms with E-state index in [2.05, 4.69) is 15.3 Å². The van der Waals surface area contributed by atoms with E-state index in [4.69, 9.17) is 0 Å². The van der Waals surface area contributed by atoms with Crippen molar-refractivity contribution in [1.29, 1.82) is 0 Å². The van der Waals surface area contributed by atoms with Crippen LogP contribution in [0.25, 0.3) is 0 Å². The molecule has 2 heterocycles. The van der Waals surface area contributed by atoms with E-state index in [-0.39, 0.29) is 17.5 Å². The maximum absolute atomic E-state index is 12.2. The van der Waals surface area contributed by atoms with Crippen molar-refractivity contribution in [2.24, 2.45) is 0 Å². The summed E-state index contributed by atoms with van der Waals surface area (Å²) >= 11 is 0. The van der Waals surface area contributed by atoms with Gasteiger partial charge >= 0.3 is 0 Å². The summed E-state index contributed by atoms with van der Waals surface area (Å²) in [5.74, 6) is -0.0539. The lowest BCUT2D eigenvalue weighted by Gasteiger charge is -2.32. The molecule has 1 N–H and O–H groups in total. The van der Waals surface area contributed by atoms with E-state index in [1.54, 1.807) is 23.0 Å². The van der Waals surface area contributed by atoms with Gasteiger partial charge in [-0.3, -0.25) is 14.5 Å². The molecular formula is C18H22N4O2. The van der Waals surface area contributed by atoms with Crippen molar-refractivity contribution in [1.82, 2.24) is 20.0 Å². The van der Waals surface area contributed by atoms with Crippen LogP contribution in [0.2, 0.25) is 0 Å². The molecule has 24 heavy (non-hydrogen) atoms. The Morgan fingerprint density at radius 1 is 1.25 bits per heavy atom. The van der Waals surface area contributed by atoms with Gasteiger partial charge in [-0.2, -0.15) is 5.10 Å². The minimum atomic E-state index is -0.0539. The van der Waals surface area contributed by atoms with Crippen LogP contribution in [0.15, 0.2) is 47.4 Å². The number of aryl methyl sites for hydroxylation is 1. The number of nitrogens with one attached hydrogen (secondary N) is 1. The van der Waals surface area contributed by atoms with E-state index in [1.807, 2.05) is 31.2 Å². The van der Waals surface area contributed by atoms with Gasteiger partial charge in [-0.25, -0.2) is 4.68 Å². The predicted molar refractivity (Wildman–Crippen MR) is 91.9 cm³/mol. The predicted octanol–water partition coefficient (Wildman–Crippen LogP) is 1.58. The minimum absolute atomic E-state index is 0.0521. The Kier molecular flexibility index (Phi) is 5.05. The van der Waals surface area contributed by atoms with Crippen LogP contribution in [0.3, 0.4) is 0 Å². The Hall–Kier alpha value is -2.47. The Bertz CT molecular complexity index is 763. The number of hydrogen-bond acceptors (Lipinski definition) is 4. The lowest BCUT2D eigenvalue weighted by molar-refractivity contribution is 0.0901. The number of amides is 1. The molecule has 126 valence electrons. The molecule has 0 saturated carbocycles. The van der Waals surface area contributed by atoms with E-state index < -0.39 is 0 Å². The fourth-order valence-electron chi connectivity index (χ4n) is 3.04. The highest BCUT2D eigenvalue weighted by atomic mass is 16.2. The van der Waals surface area contributed by atoms with Crippen molar-refractivity contribution in [3.05, 3.63) is 64.1 Å². The Morgan fingerprint density at radius 2 is 2.04 bits per heavy atom. The molecule has 6 heteroatoms. The van der Waals surface area contributed by atoms with Crippen LogP contribution in [0.4, 0.5) is 0 Å². The molecule has 1 fully saturated rings. The molecule has 0 radical (unpaired) electrons. The number of carbonyl (C=O) groups excluding carboxylic acids is 1. The number of aromatic nitrogens is 2. The SMILES string of the molecule is Cc1cccc(C(=O)NCN2CCC(n3ncccc3=O)CC2)c1. The molecule has 0 bridgehead atoms. The standard InChI is InChI=1S/C18H22N4O2/c1-14-4-2-5-15(12-14)18(24)19-13-21-10-7-16(8-11-21)22-17(23)6-3-9-20-22/h2-6,9,12,16H,7-8,10-11,13H2,1H3,(H,19,24). The quantitative estimate of drug-likeness (QED) is 0.926. The number of benzene rings is 1. The van der Waals surface area contributed by atoms with Gasteiger partial charge in [0.15, 0.2) is 0 Å². The normalized spacial score (nSPS) is 16.0. The molecule has 0 atom stereocenters. The van der Waals surface area contributed by atoms with Crippen molar-refractivity contribution < 1.29 is 4.79 Å². The van der Waals surface area contributed by atoms with Crippen molar-refractivity contribution >= 4 is 5.91 Å². The average molecular weight is 326 g/mol. The number of carbonyl (C=O) groups is 1. The molecular weight excluding hydrogens is 304 g/mol. The second-order valence-electron chi connectivity index (χ2n) is 6.19. The molecule has 0 spiro atoms. The maximum Gasteiger partial charge on any atom is 0.266 e. The van der Waals surface area contributed by atoms with Crippen molar-refractivity contribution in [2.75, 3.05) is 19.8 Å². The molecule has 1 aliphatic heterocycles. The fourth-order valence-corrected chi connectivity index (χ4v) is 3.04. The lowest BCUT2D eigenvalue weighted by Crippen LogP contribution is -2.43. The highest BCUT2D eigenvalue weighted by Crippen LogP contribution is 2.19. The summed E-state index contributed by atoms with van der Waals surface area (Å²) in [6.45, 7) is 4.17. The molecule has 0 unspecified atom stereocenters. The molecule has 6 nitrogen and oxygen atoms in total. The Morgan fingerprint density at radius 3 is 2.75 bits per heavy atom. The van der Waals surface area contributed by atoms with Crippen LogP contribution in [-0.4, -0.2) is 40.3 Å². The summed E-state index contributed by atoms with van der Waals surface area (Å²) in [4.78, 5) is 26.2. The van der Waals surface area contributed by atoms with E-state index in [1.165, 1.54) is 0 Å². The zero-order chi connectivity index (χ0) is 16.9. The van der Waals surface area contributed by atoms with Gasteiger partial charge in [-0.05, 0) is 38.0 Å². The van der Waals surface area contributed by atoms with Crippen LogP contribution in [0.5, 0.6) is 0 Å². The van der Waals surface area contributed by atoms with E-state index in [0.29, 0.717) is 12.2 Å². The third kappa shape index (κ3) is 3.89. The Labute approximate surface area is 141 Å². The van der Waals surface area contributed by atoms with Crippen LogP contribution in [0.1, 0.15) is 34.8 Å². The molecule has 1 aromatic carbocycles. The van der Waals surface area contributed by atoms with E-state index in [9.17, 15) is 9.59 Å². The molecule has 0 aliphatic carbocycles. The van der Waals surface area contributed by atoms with Crippen LogP contribution >= 0.6 is 0 Å². The van der Waals surface area contributed by atoms with Crippen molar-refractivity contribution in [2.45, 2.75) is 25.8 Å². The topological polar surface area (TPSA) is 67.2 Å². The summed E-state index contributed by atoms with van der Waals surface area (Å²) in [5, 5.41) is 7.13. The minimum Gasteiger partial charge on any atom is -0.339 e. The highest BCUT2D eigenvalue weighted by Gasteiger charge is 2.22. The first kappa shape index (κ1) is 16.4. The molecule has 2 aromatic rings. The molecule has 1 saturated heterocycles. The zero-order valence-electron chi connectivity index (χ0n) is 13.8. The maximum atomic E-state index is 12.2. The first-order chi connectivity index (χ1) is 11.6. The van der Waals surface area contributed by atoms with Gasteiger partial charge in [0, 0.05) is 30.9 Å². The van der Waals surface area contributed by atoms with Crippen LogP contribution in [-0.2, 0) is 0 Å². The second-order valence-corrected chi connectivity index (χ2v) is 6.19. The third-order valence-corrected chi connectivity index (χ3v) is 4.39. The van der Waals surface area contributed by atoms with Gasteiger partial charge in [0.1, 0.15) is 0 Å². The fraction of sp³-hybridized carbons (Fsp3) is 0.389. The second kappa shape index (κ2) is 7.40. The van der Waals surface area contributed by atoms with Crippen LogP contribution < -0.4 is 10.9 Å². The zero-order valence-corrected chi connectivity index (χ0v) is 13.8. The number of rotatable bonds is 4. The summed E-state index contributed by atoms with van der Waals surface area (Å²) < 4.78 is 1.57. The molecule has 3 rings (SSSR count). The highest BCUT2D eigenvalue weighted by molar-refractivity contribution is 5.94. The average Bonchev–Trinajstić information content (AvgIpc) is 2.61. The first-order valence-corrected chi connectivity index (χ1v) is 8.24.